The van der Waals surface area contributed by atoms with Crippen LogP contribution in [0.2, 0.25) is 0 Å². The number of nitrogens with zero attached hydrogens (tertiary/aromatic N) is 1. The number of carbonyl (C=O) groups is 3. The number of aliphatic hydroxyl groups excluding tert-OH is 1. The fourth-order valence-electron chi connectivity index (χ4n) is 2.83. The van der Waals surface area contributed by atoms with Crippen molar-refractivity contribution in [3.63, 3.8) is 0 Å². The van der Waals surface area contributed by atoms with Gasteiger partial charge >= 0.3 is 5.97 Å². The molecule has 0 bridgehead atoms. The Labute approximate surface area is 142 Å². The van der Waals surface area contributed by atoms with E-state index in [1.807, 2.05) is 0 Å². The van der Waals surface area contributed by atoms with E-state index in [2.05, 4.69) is 5.32 Å². The Balaban J connectivity index is 1.71. The molecule has 2 aliphatic rings. The van der Waals surface area contributed by atoms with Crippen LogP contribution >= 0.6 is 11.8 Å². The number of carboxylic acid groups (broad SMARTS) is 1. The number of hydrogen-bond acceptors (Lipinski definition) is 5. The Morgan fingerprint density at radius 3 is 2.58 bits per heavy atom. The summed E-state index contributed by atoms with van der Waals surface area (Å²) in [7, 11) is 0. The van der Waals surface area contributed by atoms with Gasteiger partial charge in [-0.1, -0.05) is 30.3 Å². The van der Waals surface area contributed by atoms with E-state index in [1.165, 1.54) is 16.7 Å². The lowest BCUT2D eigenvalue weighted by Gasteiger charge is -2.51. The Morgan fingerprint density at radius 1 is 1.29 bits per heavy atom. The number of rotatable bonds is 4. The van der Waals surface area contributed by atoms with Crippen LogP contribution < -0.4 is 5.32 Å². The Bertz CT molecular complexity index is 720. The number of thioether (sulfide) groups is 1. The maximum atomic E-state index is 12.3. The van der Waals surface area contributed by atoms with Gasteiger partial charge in [-0.15, -0.1) is 11.8 Å². The highest BCUT2D eigenvalue weighted by Gasteiger charge is 2.55. The van der Waals surface area contributed by atoms with Gasteiger partial charge in [-0.25, -0.2) is 4.79 Å². The summed E-state index contributed by atoms with van der Waals surface area (Å²) in [5.74, 6) is -2.24. The molecule has 0 radical (unpaired) electrons. The number of aliphatic hydroxyl groups is 1. The van der Waals surface area contributed by atoms with E-state index in [9.17, 15) is 24.6 Å². The largest absolute Gasteiger partial charge is 0.479 e. The van der Waals surface area contributed by atoms with Crippen molar-refractivity contribution in [2.24, 2.45) is 0 Å². The number of hydrogen-bond donors (Lipinski definition) is 3. The van der Waals surface area contributed by atoms with Crippen LogP contribution in [0.15, 0.2) is 41.3 Å². The van der Waals surface area contributed by atoms with Gasteiger partial charge in [0.2, 0.25) is 5.91 Å². The molecule has 1 fully saturated rings. The van der Waals surface area contributed by atoms with Crippen molar-refractivity contribution in [3.8, 4) is 0 Å². The first kappa shape index (κ1) is 16.5. The van der Waals surface area contributed by atoms with Gasteiger partial charge in [-0.3, -0.25) is 9.59 Å². The predicted octanol–water partition coefficient (Wildman–Crippen LogP) is 0.477. The summed E-state index contributed by atoms with van der Waals surface area (Å²) >= 11 is 1.29. The maximum Gasteiger partial charge on any atom is 0.330 e. The third-order valence-electron chi connectivity index (χ3n) is 4.08. The van der Waals surface area contributed by atoms with Crippen LogP contribution in [0.3, 0.4) is 0 Å². The quantitative estimate of drug-likeness (QED) is 0.683. The second-order valence-electron chi connectivity index (χ2n) is 5.67. The van der Waals surface area contributed by atoms with E-state index >= 15 is 0 Å². The van der Waals surface area contributed by atoms with Crippen LogP contribution in [0, 0.1) is 0 Å². The van der Waals surface area contributed by atoms with Crippen LogP contribution in [-0.4, -0.2) is 50.4 Å². The molecule has 0 spiro atoms. The standard InChI is InChI=1S/C16H16N2O5S/c1-8-7-24-15-10(14(21)18(15)11(8)16(22)23)17-13(20)12(19)9-5-3-2-4-6-9/h2-7,10-12,15,19H,1H3,(H,17,20)(H,22,23)/t10?,11?,12?,15-/m1/s1. The zero-order valence-corrected chi connectivity index (χ0v) is 13.6. The number of fused-ring (bicyclic) bond motifs is 1. The zero-order chi connectivity index (χ0) is 17.4. The van der Waals surface area contributed by atoms with Crippen LogP contribution in [0.5, 0.6) is 0 Å². The number of carbonyl (C=O) groups excluding carboxylic acids is 2. The highest BCUT2D eigenvalue weighted by molar-refractivity contribution is 8.02. The minimum Gasteiger partial charge on any atom is -0.479 e. The van der Waals surface area contributed by atoms with Crippen molar-refractivity contribution < 1.29 is 24.6 Å². The van der Waals surface area contributed by atoms with Gasteiger partial charge in [-0.2, -0.15) is 0 Å². The zero-order valence-electron chi connectivity index (χ0n) is 12.7. The molecule has 4 atom stereocenters. The van der Waals surface area contributed by atoms with Gasteiger partial charge < -0.3 is 20.4 Å². The minimum atomic E-state index is -1.38. The molecule has 1 aromatic carbocycles. The van der Waals surface area contributed by atoms with Gasteiger partial charge in [-0.05, 0) is 23.5 Å². The Kier molecular flexibility index (Phi) is 4.33. The predicted molar refractivity (Wildman–Crippen MR) is 86.7 cm³/mol. The van der Waals surface area contributed by atoms with Crippen molar-refractivity contribution in [3.05, 3.63) is 46.9 Å². The smallest absolute Gasteiger partial charge is 0.330 e. The molecular weight excluding hydrogens is 332 g/mol. The van der Waals surface area contributed by atoms with E-state index in [0.717, 1.165) is 0 Å². The summed E-state index contributed by atoms with van der Waals surface area (Å²) in [6.45, 7) is 1.65. The number of aliphatic carboxylic acids is 1. The third-order valence-corrected chi connectivity index (χ3v) is 5.36. The maximum absolute atomic E-state index is 12.3. The average molecular weight is 348 g/mol. The van der Waals surface area contributed by atoms with Crippen LogP contribution in [-0.2, 0) is 14.4 Å². The van der Waals surface area contributed by atoms with Gasteiger partial charge in [0.15, 0.2) is 12.1 Å². The average Bonchev–Trinajstić information content (AvgIpc) is 2.59. The topological polar surface area (TPSA) is 107 Å². The molecule has 2 aliphatic heterocycles. The summed E-state index contributed by atoms with van der Waals surface area (Å²) in [5, 5.41) is 23.1. The number of amides is 2. The molecule has 2 heterocycles. The number of benzene rings is 1. The molecule has 126 valence electrons. The molecule has 3 rings (SSSR count). The van der Waals surface area contributed by atoms with Crippen molar-refractivity contribution in [2.45, 2.75) is 30.5 Å². The van der Waals surface area contributed by atoms with E-state index in [0.29, 0.717) is 11.1 Å². The van der Waals surface area contributed by atoms with Crippen molar-refractivity contribution in [1.29, 1.82) is 0 Å². The lowest BCUT2D eigenvalue weighted by atomic mass is 9.98. The number of β-lactam (4-membered cyclic amide) rings is 1. The minimum absolute atomic E-state index is 0.425. The fraction of sp³-hybridized carbons (Fsp3) is 0.312. The van der Waals surface area contributed by atoms with Gasteiger partial charge in [0.1, 0.15) is 11.4 Å². The first-order chi connectivity index (χ1) is 11.4. The summed E-state index contributed by atoms with van der Waals surface area (Å²) in [5.41, 5.74) is 1.00. The summed E-state index contributed by atoms with van der Waals surface area (Å²) < 4.78 is 0. The SMILES string of the molecule is CC1=CS[C@@H]2C(NC(=O)C(O)c3ccccc3)C(=O)N2C1C(=O)O. The lowest BCUT2D eigenvalue weighted by molar-refractivity contribution is -0.160. The molecule has 3 unspecified atom stereocenters. The second kappa shape index (κ2) is 6.29. The Morgan fingerprint density at radius 2 is 1.96 bits per heavy atom. The van der Waals surface area contributed by atoms with Crippen LogP contribution in [0.1, 0.15) is 18.6 Å². The van der Waals surface area contributed by atoms with E-state index < -0.39 is 41.3 Å². The van der Waals surface area contributed by atoms with Gasteiger partial charge in [0, 0.05) is 0 Å². The van der Waals surface area contributed by atoms with Crippen molar-refractivity contribution in [2.75, 3.05) is 0 Å². The summed E-state index contributed by atoms with van der Waals surface area (Å²) in [4.78, 5) is 37.1. The molecule has 0 aromatic heterocycles. The third kappa shape index (κ3) is 2.67. The van der Waals surface area contributed by atoms with Crippen molar-refractivity contribution in [1.82, 2.24) is 10.2 Å². The molecule has 0 saturated carbocycles. The molecule has 3 N–H and O–H groups in total. The highest BCUT2D eigenvalue weighted by atomic mass is 32.2. The van der Waals surface area contributed by atoms with Crippen LogP contribution in [0.25, 0.3) is 0 Å². The van der Waals surface area contributed by atoms with E-state index in [-0.39, 0.29) is 0 Å². The number of nitrogens with one attached hydrogen (secondary N) is 1. The van der Waals surface area contributed by atoms with Gasteiger partial charge in [0.05, 0.1) is 0 Å². The normalized spacial score (nSPS) is 26.8. The number of carboxylic acids is 1. The molecule has 8 heteroatoms. The van der Waals surface area contributed by atoms with Gasteiger partial charge in [0.25, 0.3) is 5.91 Å². The first-order valence-electron chi connectivity index (χ1n) is 7.32. The molecule has 7 nitrogen and oxygen atoms in total. The molecule has 2 amide bonds. The molecule has 24 heavy (non-hydrogen) atoms. The fourth-order valence-corrected chi connectivity index (χ4v) is 4.01. The molecule has 0 aliphatic carbocycles. The van der Waals surface area contributed by atoms with E-state index in [1.54, 1.807) is 42.7 Å². The summed E-state index contributed by atoms with van der Waals surface area (Å²) in [6, 6.07) is 6.54. The lowest BCUT2D eigenvalue weighted by Crippen LogP contribution is -2.73. The second-order valence-corrected chi connectivity index (χ2v) is 6.67. The molecule has 1 aromatic rings. The first-order valence-corrected chi connectivity index (χ1v) is 8.26. The monoisotopic (exact) mass is 348 g/mol. The molecular formula is C16H16N2O5S. The molecule has 1 saturated heterocycles. The van der Waals surface area contributed by atoms with Crippen molar-refractivity contribution >= 4 is 29.5 Å². The van der Waals surface area contributed by atoms with Crippen LogP contribution in [0.4, 0.5) is 0 Å². The summed E-state index contributed by atoms with van der Waals surface area (Å²) in [6.07, 6.45) is -1.38. The highest BCUT2D eigenvalue weighted by Crippen LogP contribution is 2.39. The Hall–Kier alpha value is -2.32. The van der Waals surface area contributed by atoms with E-state index in [4.69, 9.17) is 0 Å².